The van der Waals surface area contributed by atoms with E-state index in [4.69, 9.17) is 0 Å². The van der Waals surface area contributed by atoms with Crippen molar-refractivity contribution in [2.75, 3.05) is 11.5 Å². The number of hydrogen-bond donors (Lipinski definition) is 0. The minimum Gasteiger partial charge on any atom is -0.550 e. The number of carbonyl (C=O) groups is 2. The Bertz CT molecular complexity index is 150. The fourth-order valence-corrected chi connectivity index (χ4v) is 2.31. The van der Waals surface area contributed by atoms with Gasteiger partial charge in [0.1, 0.15) is 0 Å². The molecule has 0 spiro atoms. The topological polar surface area (TPSA) is 80.3 Å². The number of aliphatic carboxylic acids is 2. The molecule has 0 aliphatic heterocycles. The maximum Gasteiger partial charge on any atom is 1.00 e. The first-order chi connectivity index (χ1) is 5.63. The van der Waals surface area contributed by atoms with Crippen molar-refractivity contribution < 1.29 is 64.6 Å². The zero-order chi connectivity index (χ0) is 9.40. The second kappa shape index (κ2) is 14.1. The van der Waals surface area contributed by atoms with Gasteiger partial charge < -0.3 is 19.8 Å². The van der Waals surface area contributed by atoms with Gasteiger partial charge in [-0.2, -0.15) is 0 Å². The van der Waals surface area contributed by atoms with Crippen LogP contribution in [0.4, 0.5) is 0 Å². The van der Waals surface area contributed by atoms with Crippen LogP contribution in [0, 0.1) is 0 Å². The summed E-state index contributed by atoms with van der Waals surface area (Å²) in [4.78, 5) is 19.8. The van der Waals surface area contributed by atoms with E-state index >= 15 is 0 Å². The zero-order valence-electron chi connectivity index (χ0n) is 6.88. The quantitative estimate of drug-likeness (QED) is 0.286. The normalized spacial score (nSPS) is 8.29. The van der Waals surface area contributed by atoms with Gasteiger partial charge in [-0.15, -0.1) is 0 Å². The molecule has 0 aromatic carbocycles. The van der Waals surface area contributed by atoms with E-state index in [1.54, 1.807) is 0 Å². The molecule has 0 N–H and O–H groups in total. The smallest absolute Gasteiger partial charge is 0.550 e. The van der Waals surface area contributed by atoms with Crippen LogP contribution in [-0.2, 0) is 54.3 Å². The first-order valence-electron chi connectivity index (χ1n) is 3.27. The Morgan fingerprint density at radius 1 is 0.857 bits per heavy atom. The number of carboxylic acids is 2. The molecule has 0 radical (unpaired) electrons. The van der Waals surface area contributed by atoms with Crippen LogP contribution in [0.5, 0.6) is 0 Å². The molecular formula is C6H8Ag2O4S2. The van der Waals surface area contributed by atoms with Gasteiger partial charge in [0.05, 0.1) is 0 Å². The van der Waals surface area contributed by atoms with Crippen LogP contribution < -0.4 is 10.2 Å². The largest absolute Gasteiger partial charge is 1.00 e. The maximum atomic E-state index is 9.90. The molecule has 0 aromatic heterocycles. The van der Waals surface area contributed by atoms with Crippen molar-refractivity contribution in [3.05, 3.63) is 0 Å². The molecule has 0 unspecified atom stereocenters. The van der Waals surface area contributed by atoms with Gasteiger partial charge in [0, 0.05) is 23.4 Å². The van der Waals surface area contributed by atoms with Crippen LogP contribution in [0.2, 0.25) is 0 Å². The Morgan fingerprint density at radius 3 is 1.36 bits per heavy atom. The van der Waals surface area contributed by atoms with E-state index in [1.807, 2.05) is 0 Å². The minimum absolute atomic E-state index is 0. The van der Waals surface area contributed by atoms with Crippen molar-refractivity contribution in [1.29, 1.82) is 0 Å². The summed E-state index contributed by atoms with van der Waals surface area (Å²) in [6, 6.07) is 0. The Balaban J connectivity index is -0.000000605. The molecule has 0 saturated carbocycles. The SMILES string of the molecule is O=C([O-])CCSSCCC(=O)[O-].[Ag+].[Ag+]. The summed E-state index contributed by atoms with van der Waals surface area (Å²) in [5.74, 6) is -1.27. The van der Waals surface area contributed by atoms with Crippen LogP contribution in [0.25, 0.3) is 0 Å². The van der Waals surface area contributed by atoms with Crippen molar-refractivity contribution in [2.24, 2.45) is 0 Å². The predicted molar refractivity (Wildman–Crippen MR) is 44.2 cm³/mol. The standard InChI is InChI=1S/C6H10O4S2.2Ag/c7-5(8)1-3-11-12-4-2-6(9)10;;/h1-4H2,(H,7,8)(H,9,10);;/q;2*+1/p-2. The van der Waals surface area contributed by atoms with E-state index < -0.39 is 11.9 Å². The van der Waals surface area contributed by atoms with E-state index in [1.165, 1.54) is 21.6 Å². The Labute approximate surface area is 121 Å². The van der Waals surface area contributed by atoms with Gasteiger partial charge in [-0.3, -0.25) is 0 Å². The molecule has 0 atom stereocenters. The molecule has 4 nitrogen and oxygen atoms in total. The summed E-state index contributed by atoms with van der Waals surface area (Å²) in [6.07, 6.45) is 0.00593. The molecule has 0 heterocycles. The molecule has 0 bridgehead atoms. The fraction of sp³-hybridized carbons (Fsp3) is 0.667. The monoisotopic (exact) mass is 422 g/mol. The number of rotatable bonds is 7. The van der Waals surface area contributed by atoms with Crippen molar-refractivity contribution >= 4 is 33.5 Å². The predicted octanol–water partition coefficient (Wildman–Crippen LogP) is -1.36. The van der Waals surface area contributed by atoms with Gasteiger partial charge in [-0.05, 0) is 12.8 Å². The third-order valence-corrected chi connectivity index (χ3v) is 3.27. The second-order valence-electron chi connectivity index (χ2n) is 1.89. The van der Waals surface area contributed by atoms with Gasteiger partial charge in [0.2, 0.25) is 0 Å². The molecule has 0 aromatic rings. The number of carbonyl (C=O) groups excluding carboxylic acids is 2. The van der Waals surface area contributed by atoms with E-state index in [0.29, 0.717) is 11.5 Å². The van der Waals surface area contributed by atoms with Crippen LogP contribution in [0.15, 0.2) is 0 Å². The van der Waals surface area contributed by atoms with Crippen molar-refractivity contribution in [3.8, 4) is 0 Å². The number of carboxylic acid groups (broad SMARTS) is 2. The van der Waals surface area contributed by atoms with Gasteiger partial charge in [0.15, 0.2) is 0 Å². The van der Waals surface area contributed by atoms with Gasteiger partial charge in [-0.1, -0.05) is 21.6 Å². The van der Waals surface area contributed by atoms with Crippen LogP contribution in [0.1, 0.15) is 12.8 Å². The van der Waals surface area contributed by atoms with Crippen LogP contribution in [0.3, 0.4) is 0 Å². The van der Waals surface area contributed by atoms with Crippen LogP contribution in [-0.4, -0.2) is 23.4 Å². The molecule has 90 valence electrons. The average molecular weight is 424 g/mol. The minimum atomic E-state index is -1.08. The van der Waals surface area contributed by atoms with Gasteiger partial charge in [0.25, 0.3) is 0 Å². The molecule has 0 saturated heterocycles. The first kappa shape index (κ1) is 20.5. The third kappa shape index (κ3) is 18.8. The zero-order valence-corrected chi connectivity index (χ0v) is 11.5. The molecule has 0 fully saturated rings. The maximum absolute atomic E-state index is 9.90. The average Bonchev–Trinajstić information content (AvgIpc) is 1.95. The van der Waals surface area contributed by atoms with Crippen molar-refractivity contribution in [3.63, 3.8) is 0 Å². The van der Waals surface area contributed by atoms with Crippen LogP contribution >= 0.6 is 21.6 Å². The summed E-state index contributed by atoms with van der Waals surface area (Å²) in [6.45, 7) is 0. The number of hydrogen-bond acceptors (Lipinski definition) is 6. The first-order valence-corrected chi connectivity index (χ1v) is 5.76. The van der Waals surface area contributed by atoms with E-state index in [2.05, 4.69) is 0 Å². The van der Waals surface area contributed by atoms with E-state index in [9.17, 15) is 19.8 Å². The molecule has 0 aliphatic rings. The molecule has 0 rings (SSSR count). The van der Waals surface area contributed by atoms with Gasteiger partial charge >= 0.3 is 44.8 Å². The Kier molecular flexibility index (Phi) is 20.7. The summed E-state index contributed by atoms with van der Waals surface area (Å²) in [5, 5.41) is 19.8. The Hall–Kier alpha value is 1.12. The molecule has 14 heavy (non-hydrogen) atoms. The van der Waals surface area contributed by atoms with Gasteiger partial charge in [-0.25, -0.2) is 0 Å². The summed E-state index contributed by atoms with van der Waals surface area (Å²) < 4.78 is 0. The summed E-state index contributed by atoms with van der Waals surface area (Å²) in [5.41, 5.74) is 0. The molecular weight excluding hydrogens is 416 g/mol. The van der Waals surface area contributed by atoms with Crippen molar-refractivity contribution in [2.45, 2.75) is 12.8 Å². The summed E-state index contributed by atoms with van der Waals surface area (Å²) in [7, 11) is 2.66. The molecule has 0 amide bonds. The molecule has 0 aliphatic carbocycles. The van der Waals surface area contributed by atoms with Crippen molar-refractivity contribution in [1.82, 2.24) is 0 Å². The summed E-state index contributed by atoms with van der Waals surface area (Å²) >= 11 is 0. The third-order valence-electron chi connectivity index (χ3n) is 0.862. The Morgan fingerprint density at radius 2 is 1.14 bits per heavy atom. The van der Waals surface area contributed by atoms with E-state index in [-0.39, 0.29) is 57.6 Å². The molecule has 8 heteroatoms. The fourth-order valence-electron chi connectivity index (χ4n) is 0.368. The second-order valence-corrected chi connectivity index (χ2v) is 4.59. The van der Waals surface area contributed by atoms with E-state index in [0.717, 1.165) is 0 Å².